The zero-order valence-corrected chi connectivity index (χ0v) is 7.94. The number of rotatable bonds is 3. The van der Waals surface area contributed by atoms with Crippen LogP contribution in [0.3, 0.4) is 0 Å². The molecule has 0 radical (unpaired) electrons. The molecule has 0 aromatic carbocycles. The SMILES string of the molecule is CCC=C(C)CS(=O)(=O)[O-].[Li+]. The molecule has 60 valence electrons. The van der Waals surface area contributed by atoms with E-state index in [2.05, 4.69) is 0 Å². The minimum absolute atomic E-state index is 0. The molecule has 0 spiro atoms. The smallest absolute Gasteiger partial charge is 0.748 e. The maximum Gasteiger partial charge on any atom is 1.00 e. The summed E-state index contributed by atoms with van der Waals surface area (Å²) < 4.78 is 30.4. The Morgan fingerprint density at radius 2 is 2.00 bits per heavy atom. The summed E-state index contributed by atoms with van der Waals surface area (Å²) >= 11 is 0. The predicted molar refractivity (Wildman–Crippen MR) is 38.6 cm³/mol. The van der Waals surface area contributed by atoms with Crippen molar-refractivity contribution >= 4 is 10.1 Å². The molecule has 0 aromatic heterocycles. The van der Waals surface area contributed by atoms with Crippen molar-refractivity contribution in [1.29, 1.82) is 0 Å². The van der Waals surface area contributed by atoms with Crippen molar-refractivity contribution in [3.63, 3.8) is 0 Å². The summed E-state index contributed by atoms with van der Waals surface area (Å²) in [6, 6.07) is 0. The van der Waals surface area contributed by atoms with Gasteiger partial charge in [0, 0.05) is 0 Å². The van der Waals surface area contributed by atoms with E-state index in [0.29, 0.717) is 5.57 Å². The summed E-state index contributed by atoms with van der Waals surface area (Å²) in [7, 11) is -4.06. The van der Waals surface area contributed by atoms with E-state index in [0.717, 1.165) is 6.42 Å². The van der Waals surface area contributed by atoms with E-state index >= 15 is 0 Å². The standard InChI is InChI=1S/C6H12O3S.Li/c1-3-4-6(2)5-10(7,8)9;/h4H,3,5H2,1-2H3,(H,7,8,9);/q;+1/p-1. The Balaban J connectivity index is 0. The van der Waals surface area contributed by atoms with Crippen molar-refractivity contribution in [3.05, 3.63) is 11.6 Å². The van der Waals surface area contributed by atoms with Crippen LogP contribution in [-0.2, 0) is 10.1 Å². The molecule has 0 atom stereocenters. The van der Waals surface area contributed by atoms with Gasteiger partial charge in [-0.1, -0.05) is 18.6 Å². The maximum absolute atomic E-state index is 10.1. The van der Waals surface area contributed by atoms with Gasteiger partial charge < -0.3 is 4.55 Å². The molecular formula is C6H11LiO3S. The van der Waals surface area contributed by atoms with E-state index in [1.54, 1.807) is 13.0 Å². The van der Waals surface area contributed by atoms with E-state index in [1.807, 2.05) is 6.92 Å². The summed E-state index contributed by atoms with van der Waals surface area (Å²) in [6.45, 7) is 3.53. The number of allylic oxidation sites excluding steroid dienone is 1. The first-order chi connectivity index (χ1) is 4.45. The second kappa shape index (κ2) is 5.84. The van der Waals surface area contributed by atoms with Gasteiger partial charge in [-0.25, -0.2) is 8.42 Å². The molecule has 0 fully saturated rings. The molecule has 0 aliphatic rings. The van der Waals surface area contributed by atoms with Crippen LogP contribution in [0.2, 0.25) is 0 Å². The molecule has 0 N–H and O–H groups in total. The van der Waals surface area contributed by atoms with Crippen LogP contribution in [-0.4, -0.2) is 18.7 Å². The van der Waals surface area contributed by atoms with Crippen LogP contribution in [0.4, 0.5) is 0 Å². The van der Waals surface area contributed by atoms with Crippen LogP contribution in [0.25, 0.3) is 0 Å². The van der Waals surface area contributed by atoms with E-state index in [4.69, 9.17) is 0 Å². The molecule has 0 saturated carbocycles. The van der Waals surface area contributed by atoms with Gasteiger partial charge in [0.1, 0.15) is 0 Å². The average molecular weight is 170 g/mol. The fourth-order valence-corrected chi connectivity index (χ4v) is 1.36. The predicted octanol–water partition coefficient (Wildman–Crippen LogP) is -2.11. The minimum atomic E-state index is -4.06. The maximum atomic E-state index is 10.1. The fourth-order valence-electron chi connectivity index (χ4n) is 0.686. The first kappa shape index (κ1) is 13.8. The Morgan fingerprint density at radius 1 is 1.55 bits per heavy atom. The average Bonchev–Trinajstić information content (AvgIpc) is 1.59. The Hall–Kier alpha value is 0.247. The van der Waals surface area contributed by atoms with Crippen molar-refractivity contribution in [2.75, 3.05) is 5.75 Å². The van der Waals surface area contributed by atoms with Gasteiger partial charge in [-0.05, 0) is 13.3 Å². The van der Waals surface area contributed by atoms with Gasteiger partial charge in [-0.3, -0.25) is 0 Å². The van der Waals surface area contributed by atoms with Crippen molar-refractivity contribution in [3.8, 4) is 0 Å². The van der Waals surface area contributed by atoms with Crippen molar-refractivity contribution in [2.45, 2.75) is 20.3 Å². The molecule has 0 unspecified atom stereocenters. The summed E-state index contributed by atoms with van der Waals surface area (Å²) in [4.78, 5) is 0. The van der Waals surface area contributed by atoms with Crippen LogP contribution in [0.5, 0.6) is 0 Å². The van der Waals surface area contributed by atoms with Crippen LogP contribution < -0.4 is 18.9 Å². The molecule has 3 nitrogen and oxygen atoms in total. The van der Waals surface area contributed by atoms with Crippen LogP contribution in [0, 0.1) is 0 Å². The van der Waals surface area contributed by atoms with Crippen molar-refractivity contribution in [1.82, 2.24) is 0 Å². The molecule has 0 aliphatic heterocycles. The molecule has 0 aromatic rings. The van der Waals surface area contributed by atoms with E-state index in [-0.39, 0.29) is 24.6 Å². The summed E-state index contributed by atoms with van der Waals surface area (Å²) in [5.41, 5.74) is 0.623. The van der Waals surface area contributed by atoms with Gasteiger partial charge in [0.05, 0.1) is 15.9 Å². The second-order valence-electron chi connectivity index (χ2n) is 2.16. The zero-order valence-electron chi connectivity index (χ0n) is 7.12. The van der Waals surface area contributed by atoms with Gasteiger partial charge >= 0.3 is 18.9 Å². The first-order valence-electron chi connectivity index (χ1n) is 3.05. The Bertz CT molecular complexity index is 218. The van der Waals surface area contributed by atoms with Gasteiger partial charge in [-0.2, -0.15) is 0 Å². The third-order valence-corrected chi connectivity index (χ3v) is 1.77. The first-order valence-corrected chi connectivity index (χ1v) is 4.62. The van der Waals surface area contributed by atoms with Gasteiger partial charge in [0.15, 0.2) is 0 Å². The number of hydrogen-bond acceptors (Lipinski definition) is 3. The third kappa shape index (κ3) is 10.2. The largest absolute Gasteiger partial charge is 1.00 e. The minimum Gasteiger partial charge on any atom is -0.748 e. The molecule has 11 heavy (non-hydrogen) atoms. The molecular weight excluding hydrogens is 159 g/mol. The Kier molecular flexibility index (Phi) is 7.34. The molecule has 0 aliphatic carbocycles. The second-order valence-corrected chi connectivity index (χ2v) is 3.56. The topological polar surface area (TPSA) is 57.2 Å². The van der Waals surface area contributed by atoms with E-state index in [1.165, 1.54) is 0 Å². The van der Waals surface area contributed by atoms with Crippen molar-refractivity contribution in [2.24, 2.45) is 0 Å². The normalized spacial score (nSPS) is 12.5. The molecule has 0 heterocycles. The molecule has 0 amide bonds. The van der Waals surface area contributed by atoms with Crippen LogP contribution in [0.15, 0.2) is 11.6 Å². The van der Waals surface area contributed by atoms with E-state index < -0.39 is 10.1 Å². The molecule has 5 heteroatoms. The fraction of sp³-hybridized carbons (Fsp3) is 0.667. The quantitative estimate of drug-likeness (QED) is 0.277. The molecule has 0 saturated heterocycles. The van der Waals surface area contributed by atoms with Gasteiger partial charge in [0.2, 0.25) is 0 Å². The van der Waals surface area contributed by atoms with Gasteiger partial charge in [0.25, 0.3) is 0 Å². The van der Waals surface area contributed by atoms with Crippen LogP contribution >= 0.6 is 0 Å². The molecule has 0 rings (SSSR count). The van der Waals surface area contributed by atoms with Crippen LogP contribution in [0.1, 0.15) is 20.3 Å². The zero-order chi connectivity index (χ0) is 8.20. The van der Waals surface area contributed by atoms with Gasteiger partial charge in [-0.15, -0.1) is 0 Å². The monoisotopic (exact) mass is 170 g/mol. The summed E-state index contributed by atoms with van der Waals surface area (Å²) in [5.74, 6) is -0.360. The number of hydrogen-bond donors (Lipinski definition) is 0. The summed E-state index contributed by atoms with van der Waals surface area (Å²) in [5, 5.41) is 0. The van der Waals surface area contributed by atoms with Crippen molar-refractivity contribution < 1.29 is 31.8 Å². The Labute approximate surface area is 79.8 Å². The Morgan fingerprint density at radius 3 is 2.27 bits per heavy atom. The van der Waals surface area contributed by atoms with E-state index in [9.17, 15) is 13.0 Å². The molecule has 0 bridgehead atoms. The third-order valence-electron chi connectivity index (χ3n) is 0.957. The summed E-state index contributed by atoms with van der Waals surface area (Å²) in [6.07, 6.45) is 2.50.